The van der Waals surface area contributed by atoms with Gasteiger partial charge in [-0.25, -0.2) is 4.98 Å². The Hall–Kier alpha value is -6.31. The molecule has 1 saturated heterocycles. The number of carbonyl (C=O) groups is 4. The number of amides is 4. The number of halogens is 1. The molecular weight excluding hydrogens is 928 g/mol. The largest absolute Gasteiger partial charge is 0.489 e. The van der Waals surface area contributed by atoms with Gasteiger partial charge in [0.25, 0.3) is 5.91 Å². The van der Waals surface area contributed by atoms with Crippen LogP contribution >= 0.6 is 22.9 Å². The van der Waals surface area contributed by atoms with Crippen LogP contribution in [0.4, 0.5) is 0 Å². The van der Waals surface area contributed by atoms with Gasteiger partial charge in [0.15, 0.2) is 0 Å². The molecule has 0 spiro atoms. The van der Waals surface area contributed by atoms with E-state index in [1.165, 1.54) is 4.90 Å². The van der Waals surface area contributed by atoms with Crippen LogP contribution in [0.3, 0.4) is 0 Å². The fourth-order valence-corrected chi connectivity index (χ4v) is 10.7. The number of hydrogen-bond donors (Lipinski definition) is 4. The average Bonchev–Trinajstić information content (AvgIpc) is 3.94. The molecule has 1 aliphatic carbocycles. The first-order valence-electron chi connectivity index (χ1n) is 23.3. The second-order valence-electron chi connectivity index (χ2n) is 20.4. The maximum Gasteiger partial charge on any atom is 0.251 e. The fourth-order valence-electron chi connectivity index (χ4n) is 9.71. The number of aliphatic hydroxyl groups is 1. The number of rotatable bonds is 16. The van der Waals surface area contributed by atoms with Crippen LogP contribution in [0.25, 0.3) is 10.4 Å². The molecule has 1 unspecified atom stereocenters. The number of likely N-dealkylation sites (tertiary alicyclic amines) is 1. The first kappa shape index (κ1) is 51.5. The zero-order valence-electron chi connectivity index (χ0n) is 41.0. The molecule has 14 nitrogen and oxygen atoms in total. The normalized spacial score (nSPS) is 20.0. The van der Waals surface area contributed by atoms with E-state index in [2.05, 4.69) is 54.7 Å². The number of benzene rings is 4. The minimum atomic E-state index is -1.00. The van der Waals surface area contributed by atoms with E-state index < -0.39 is 52.4 Å². The van der Waals surface area contributed by atoms with E-state index in [0.717, 1.165) is 27.3 Å². The number of nitrogens with zero attached hydrogens (tertiary/aromatic N) is 3. The van der Waals surface area contributed by atoms with Crippen molar-refractivity contribution in [3.63, 3.8) is 0 Å². The lowest BCUT2D eigenvalue weighted by atomic mass is 9.49. The molecule has 7 rings (SSSR count). The monoisotopic (exact) mass is 988 g/mol. The molecule has 5 aromatic rings. The van der Waals surface area contributed by atoms with Crippen LogP contribution in [0.5, 0.6) is 17.2 Å². The number of β-amino-alcohol motifs (C(OH)–C–C–N with tert-alkyl or cyclic N) is 1. The molecule has 1 aromatic heterocycles. The van der Waals surface area contributed by atoms with Crippen LogP contribution in [0.15, 0.2) is 96.5 Å². The molecule has 0 radical (unpaired) electrons. The fraction of sp³-hybridized carbons (Fsp3) is 0.407. The van der Waals surface area contributed by atoms with Crippen molar-refractivity contribution in [2.75, 3.05) is 13.2 Å². The molecule has 2 heterocycles. The summed E-state index contributed by atoms with van der Waals surface area (Å²) in [7, 11) is 0. The first-order chi connectivity index (χ1) is 33.1. The summed E-state index contributed by atoms with van der Waals surface area (Å²) in [5, 5.41) is 29.2. The highest BCUT2D eigenvalue weighted by Crippen LogP contribution is 2.55. The molecule has 1 saturated carbocycles. The molecule has 2 fully saturated rings. The number of nitrogens with one attached hydrogen (secondary N) is 3. The molecule has 4 atom stereocenters. The minimum absolute atomic E-state index is 0.0338. The van der Waals surface area contributed by atoms with Crippen molar-refractivity contribution in [3.8, 4) is 33.8 Å². The van der Waals surface area contributed by atoms with E-state index in [1.807, 2.05) is 76.5 Å². The zero-order valence-corrected chi connectivity index (χ0v) is 42.5. The standard InChI is InChI=1S/C54H61ClN6O8S/c1-31-45(70-30-58-31)35-12-10-33(11-13-35)27-57-48(65)43-24-38(62)28-61(43)49(66)46(52(3,4)5)59-44(63)29-67-32(2)34-14-19-39(20-15-34)68-40-21-16-36(17-22-40)47(64)60-50-53(6,7)51(54(50,8)9)69-41-23-18-37(26-56)42(55)25-41/h10-23,25,30,32,38,43,46,50-51,62H,24,27-29H2,1-9H3,(H,57,65)(H,59,63)(H,60,64)/t32-,38-,43+,46?,50?,51?/m1/s1. The van der Waals surface area contributed by atoms with Gasteiger partial charge in [0.05, 0.1) is 38.9 Å². The summed E-state index contributed by atoms with van der Waals surface area (Å²) in [6, 6.07) is 26.9. The van der Waals surface area contributed by atoms with Crippen molar-refractivity contribution in [2.24, 2.45) is 16.2 Å². The Kier molecular flexibility index (Phi) is 15.4. The van der Waals surface area contributed by atoms with E-state index in [9.17, 15) is 29.5 Å². The number of ether oxygens (including phenoxy) is 3. The van der Waals surface area contributed by atoms with Crippen molar-refractivity contribution in [1.29, 1.82) is 5.26 Å². The molecule has 4 N–H and O–H groups in total. The molecule has 368 valence electrons. The van der Waals surface area contributed by atoms with Gasteiger partial charge in [-0.1, -0.05) is 96.5 Å². The lowest BCUT2D eigenvalue weighted by molar-refractivity contribution is -0.164. The number of aryl methyl sites for hydroxylation is 1. The Morgan fingerprint density at radius 1 is 0.943 bits per heavy atom. The van der Waals surface area contributed by atoms with Crippen molar-refractivity contribution in [1.82, 2.24) is 25.8 Å². The number of aliphatic hydroxyl groups excluding tert-OH is 1. The van der Waals surface area contributed by atoms with Crippen molar-refractivity contribution in [3.05, 3.63) is 129 Å². The van der Waals surface area contributed by atoms with Gasteiger partial charge >= 0.3 is 0 Å². The lowest BCUT2D eigenvalue weighted by Gasteiger charge is -2.63. The van der Waals surface area contributed by atoms with Gasteiger partial charge in [-0.3, -0.25) is 19.2 Å². The minimum Gasteiger partial charge on any atom is -0.489 e. The number of aromatic nitrogens is 1. The van der Waals surface area contributed by atoms with Gasteiger partial charge in [0.1, 0.15) is 48.1 Å². The van der Waals surface area contributed by atoms with Crippen LogP contribution in [-0.4, -0.2) is 82.1 Å². The third-order valence-electron chi connectivity index (χ3n) is 13.3. The molecule has 4 aromatic carbocycles. The van der Waals surface area contributed by atoms with Gasteiger partial charge in [-0.15, -0.1) is 11.3 Å². The first-order valence-corrected chi connectivity index (χ1v) is 24.5. The topological polar surface area (TPSA) is 192 Å². The summed E-state index contributed by atoms with van der Waals surface area (Å²) in [5.41, 5.74) is 4.77. The third-order valence-corrected chi connectivity index (χ3v) is 14.6. The smallest absolute Gasteiger partial charge is 0.251 e. The molecule has 16 heteroatoms. The highest BCUT2D eigenvalue weighted by Gasteiger charge is 2.64. The van der Waals surface area contributed by atoms with Gasteiger partial charge in [0, 0.05) is 48.0 Å². The van der Waals surface area contributed by atoms with Gasteiger partial charge in [-0.2, -0.15) is 5.26 Å². The maximum absolute atomic E-state index is 14.1. The molecule has 2 aliphatic rings. The van der Waals surface area contributed by atoms with E-state index in [-0.39, 0.29) is 50.1 Å². The Labute approximate surface area is 418 Å². The molecular formula is C54H61ClN6O8S. The molecule has 1 aliphatic heterocycles. The summed E-state index contributed by atoms with van der Waals surface area (Å²) in [4.78, 5) is 61.2. The second kappa shape index (κ2) is 21.0. The Bertz CT molecular complexity index is 2730. The molecule has 4 amide bonds. The number of nitriles is 1. The second-order valence-corrected chi connectivity index (χ2v) is 21.7. The van der Waals surface area contributed by atoms with Crippen LogP contribution in [0, 0.1) is 34.5 Å². The van der Waals surface area contributed by atoms with E-state index in [4.69, 9.17) is 25.8 Å². The van der Waals surface area contributed by atoms with E-state index in [0.29, 0.717) is 33.4 Å². The summed E-state index contributed by atoms with van der Waals surface area (Å²) in [6.45, 7) is 17.3. The quantitative estimate of drug-likeness (QED) is 0.0742. The predicted octanol–water partition coefficient (Wildman–Crippen LogP) is 8.93. The average molecular weight is 990 g/mol. The number of thiazole rings is 1. The summed E-state index contributed by atoms with van der Waals surface area (Å²) >= 11 is 7.81. The number of hydrogen-bond acceptors (Lipinski definition) is 11. The molecule has 70 heavy (non-hydrogen) atoms. The van der Waals surface area contributed by atoms with Crippen molar-refractivity contribution < 1.29 is 38.5 Å². The Morgan fingerprint density at radius 3 is 2.16 bits per heavy atom. The SMILES string of the molecule is Cc1ncsc1-c1ccc(CNC(=O)[C@@H]2C[C@@H](O)CN2C(=O)C(NC(=O)CO[C@H](C)c2ccc(Oc3ccc(C(=O)NC4C(C)(C)C(Oc5ccc(C#N)c(Cl)c5)C4(C)C)cc3)cc2)C(C)(C)C)cc1. The number of carbonyl (C=O) groups excluding carboxylic acids is 4. The summed E-state index contributed by atoms with van der Waals surface area (Å²) in [6.07, 6.45) is -1.53. The predicted molar refractivity (Wildman–Crippen MR) is 268 cm³/mol. The van der Waals surface area contributed by atoms with Crippen molar-refractivity contribution in [2.45, 2.75) is 112 Å². The van der Waals surface area contributed by atoms with Crippen molar-refractivity contribution >= 4 is 46.6 Å². The summed E-state index contributed by atoms with van der Waals surface area (Å²) < 4.78 is 18.4. The van der Waals surface area contributed by atoms with E-state index >= 15 is 0 Å². The maximum atomic E-state index is 14.1. The third kappa shape index (κ3) is 11.5. The highest BCUT2D eigenvalue weighted by atomic mass is 35.5. The Balaban J connectivity index is 0.876. The van der Waals surface area contributed by atoms with E-state index in [1.54, 1.807) is 65.9 Å². The van der Waals surface area contributed by atoms with Crippen LogP contribution in [-0.2, 0) is 25.7 Å². The zero-order chi connectivity index (χ0) is 50.7. The molecule has 0 bridgehead atoms. The van der Waals surface area contributed by atoms with Gasteiger partial charge < -0.3 is 40.2 Å². The summed E-state index contributed by atoms with van der Waals surface area (Å²) in [5.74, 6) is 0.0876. The lowest BCUT2D eigenvalue weighted by Crippen LogP contribution is -2.74. The van der Waals surface area contributed by atoms with Gasteiger partial charge in [0.2, 0.25) is 17.7 Å². The Morgan fingerprint density at radius 2 is 1.57 bits per heavy atom. The van der Waals surface area contributed by atoms with Crippen LogP contribution in [0.1, 0.15) is 101 Å². The van der Waals surface area contributed by atoms with Gasteiger partial charge in [-0.05, 0) is 84.5 Å². The van der Waals surface area contributed by atoms with Crippen LogP contribution in [0.2, 0.25) is 5.02 Å². The van der Waals surface area contributed by atoms with Crippen LogP contribution < -0.4 is 25.4 Å². The highest BCUT2D eigenvalue weighted by molar-refractivity contribution is 7.13.